The van der Waals surface area contributed by atoms with E-state index >= 15 is 0 Å². The molecule has 0 aliphatic carbocycles. The van der Waals surface area contributed by atoms with Crippen LogP contribution < -0.4 is 0 Å². The molecule has 2 saturated heterocycles. The standard InChI is InChI=1S/C24H52N2S2Si2/c1-21(2)15-19(29(9,10)11)16-22(3,4)25(21)27-28-26-23(5,6)17-20(30(12,13)14)18-24(26,7)8/h19-20H,15-18H2,1-14H3. The third-order valence-electron chi connectivity index (χ3n) is 7.81. The summed E-state index contributed by atoms with van der Waals surface area (Å²) in [4.78, 5) is 0. The van der Waals surface area contributed by atoms with Gasteiger partial charge in [0.2, 0.25) is 0 Å². The largest absolute Gasteiger partial charge is 0.229 e. The van der Waals surface area contributed by atoms with Crippen molar-refractivity contribution in [1.29, 1.82) is 0 Å². The maximum absolute atomic E-state index is 2.76. The van der Waals surface area contributed by atoms with Crippen molar-refractivity contribution in [3.05, 3.63) is 0 Å². The maximum atomic E-state index is 2.76. The molecule has 2 rings (SSSR count). The van der Waals surface area contributed by atoms with Gasteiger partial charge in [-0.15, -0.1) is 0 Å². The highest BCUT2D eigenvalue weighted by atomic mass is 33.1. The van der Waals surface area contributed by atoms with Crippen molar-refractivity contribution in [3.63, 3.8) is 0 Å². The van der Waals surface area contributed by atoms with Crippen molar-refractivity contribution in [2.45, 2.75) is 154 Å². The molecule has 0 amide bonds. The molecule has 178 valence electrons. The summed E-state index contributed by atoms with van der Waals surface area (Å²) in [5, 5.41) is 0. The van der Waals surface area contributed by atoms with E-state index in [1.807, 2.05) is 22.0 Å². The van der Waals surface area contributed by atoms with E-state index in [0.717, 1.165) is 11.1 Å². The molecule has 6 heteroatoms. The molecule has 30 heavy (non-hydrogen) atoms. The van der Waals surface area contributed by atoms with E-state index in [2.05, 4.69) is 103 Å². The summed E-state index contributed by atoms with van der Waals surface area (Å²) in [6, 6.07) is 0. The number of hydrogen-bond donors (Lipinski definition) is 0. The molecule has 2 aliphatic rings. The first-order valence-corrected chi connectivity index (χ1v) is 21.3. The lowest BCUT2D eigenvalue weighted by molar-refractivity contribution is 0.0624. The van der Waals surface area contributed by atoms with Gasteiger partial charge in [0.05, 0.1) is 0 Å². The maximum Gasteiger partial charge on any atom is 0.0475 e. The average molecular weight is 489 g/mol. The Labute approximate surface area is 199 Å². The summed E-state index contributed by atoms with van der Waals surface area (Å²) in [6.45, 7) is 35.3. The zero-order valence-electron chi connectivity index (χ0n) is 22.7. The van der Waals surface area contributed by atoms with Crippen molar-refractivity contribution in [1.82, 2.24) is 8.61 Å². The van der Waals surface area contributed by atoms with Crippen LogP contribution in [0.1, 0.15) is 81.1 Å². The molecule has 0 bridgehead atoms. The highest BCUT2D eigenvalue weighted by molar-refractivity contribution is 8.74. The molecule has 0 radical (unpaired) electrons. The highest BCUT2D eigenvalue weighted by Crippen LogP contribution is 2.57. The second kappa shape index (κ2) is 8.37. The normalized spacial score (nSPS) is 28.6. The van der Waals surface area contributed by atoms with Crippen LogP contribution in [0.2, 0.25) is 50.4 Å². The van der Waals surface area contributed by atoms with E-state index in [1.54, 1.807) is 0 Å². The molecule has 2 aliphatic heterocycles. The van der Waals surface area contributed by atoms with Gasteiger partial charge in [0.15, 0.2) is 0 Å². The highest BCUT2D eigenvalue weighted by Gasteiger charge is 2.52. The Kier molecular flexibility index (Phi) is 7.62. The van der Waals surface area contributed by atoms with Crippen LogP contribution in [0, 0.1) is 0 Å². The molecule has 2 heterocycles. The first kappa shape index (κ1) is 27.3. The van der Waals surface area contributed by atoms with Gasteiger partial charge in [-0.2, -0.15) is 0 Å². The van der Waals surface area contributed by atoms with Gasteiger partial charge in [-0.05, 0) is 92.2 Å². The van der Waals surface area contributed by atoms with Crippen LogP contribution in [0.15, 0.2) is 0 Å². The van der Waals surface area contributed by atoms with Crippen LogP contribution in [0.25, 0.3) is 0 Å². The Bertz CT molecular complexity index is 528. The van der Waals surface area contributed by atoms with Gasteiger partial charge in [-0.3, -0.25) is 0 Å². The molecule has 0 aromatic rings. The topological polar surface area (TPSA) is 6.48 Å². The fourth-order valence-electron chi connectivity index (χ4n) is 6.22. The first-order valence-electron chi connectivity index (χ1n) is 12.1. The van der Waals surface area contributed by atoms with Gasteiger partial charge >= 0.3 is 0 Å². The number of piperidine rings is 2. The van der Waals surface area contributed by atoms with E-state index in [-0.39, 0.29) is 22.2 Å². The van der Waals surface area contributed by atoms with Gasteiger partial charge in [-0.25, -0.2) is 8.61 Å². The van der Waals surface area contributed by atoms with Crippen LogP contribution >= 0.6 is 22.0 Å². The monoisotopic (exact) mass is 488 g/mol. The molecule has 2 fully saturated rings. The molecule has 0 aromatic heterocycles. The van der Waals surface area contributed by atoms with Gasteiger partial charge in [0, 0.05) is 60.3 Å². The van der Waals surface area contributed by atoms with Crippen molar-refractivity contribution in [2.24, 2.45) is 0 Å². The molecule has 0 aromatic carbocycles. The second-order valence-electron chi connectivity index (χ2n) is 14.9. The summed E-state index contributed by atoms with van der Waals surface area (Å²) >= 11 is 0. The van der Waals surface area contributed by atoms with E-state index in [1.165, 1.54) is 25.7 Å². The van der Waals surface area contributed by atoms with Gasteiger partial charge in [0.25, 0.3) is 0 Å². The van der Waals surface area contributed by atoms with Gasteiger partial charge in [0.1, 0.15) is 0 Å². The molecule has 0 unspecified atom stereocenters. The second-order valence-corrected chi connectivity index (χ2v) is 27.9. The smallest absolute Gasteiger partial charge is 0.0475 e. The SMILES string of the molecule is CC1(C)CC([Si](C)(C)C)CC(C)(C)N1SSN1C(C)(C)CC([Si](C)(C)C)CC1(C)C. The minimum atomic E-state index is -1.14. The van der Waals surface area contributed by atoms with Crippen molar-refractivity contribution in [3.8, 4) is 0 Å². The molecule has 0 atom stereocenters. The zero-order chi connectivity index (χ0) is 23.6. The number of nitrogens with zero attached hydrogens (tertiary/aromatic N) is 2. The Hall–Kier alpha value is 1.05. The summed E-state index contributed by atoms with van der Waals surface area (Å²) in [5.74, 6) is 0. The van der Waals surface area contributed by atoms with Crippen LogP contribution in [-0.2, 0) is 0 Å². The third kappa shape index (κ3) is 5.94. The number of hydrogen-bond acceptors (Lipinski definition) is 4. The summed E-state index contributed by atoms with van der Waals surface area (Å²) in [5.41, 5.74) is 2.74. The molecular formula is C24H52N2S2Si2. The van der Waals surface area contributed by atoms with Crippen LogP contribution in [0.4, 0.5) is 0 Å². The van der Waals surface area contributed by atoms with E-state index in [9.17, 15) is 0 Å². The van der Waals surface area contributed by atoms with Crippen molar-refractivity contribution in [2.75, 3.05) is 0 Å². The molecular weight excluding hydrogens is 437 g/mol. The molecule has 0 N–H and O–H groups in total. The Balaban J connectivity index is 2.21. The quantitative estimate of drug-likeness (QED) is 0.216. The van der Waals surface area contributed by atoms with E-state index in [4.69, 9.17) is 0 Å². The number of rotatable bonds is 5. The third-order valence-corrected chi connectivity index (χ3v) is 17.0. The fraction of sp³-hybridized carbons (Fsp3) is 1.00. The summed E-state index contributed by atoms with van der Waals surface area (Å²) < 4.78 is 5.52. The summed E-state index contributed by atoms with van der Waals surface area (Å²) in [6.07, 6.45) is 5.35. The average Bonchev–Trinajstić information content (AvgIpc) is 2.44. The van der Waals surface area contributed by atoms with Gasteiger partial charge in [-0.1, -0.05) is 39.3 Å². The van der Waals surface area contributed by atoms with Crippen LogP contribution in [0.3, 0.4) is 0 Å². The minimum absolute atomic E-state index is 0.231. The Morgan fingerprint density at radius 3 is 0.867 bits per heavy atom. The van der Waals surface area contributed by atoms with Crippen LogP contribution in [0.5, 0.6) is 0 Å². The Morgan fingerprint density at radius 1 is 0.500 bits per heavy atom. The minimum Gasteiger partial charge on any atom is -0.229 e. The van der Waals surface area contributed by atoms with E-state index < -0.39 is 16.1 Å². The molecule has 0 saturated carbocycles. The summed E-state index contributed by atoms with van der Waals surface area (Å²) in [7, 11) is 1.81. The lowest BCUT2D eigenvalue weighted by Gasteiger charge is -2.59. The van der Waals surface area contributed by atoms with Crippen molar-refractivity contribution < 1.29 is 0 Å². The van der Waals surface area contributed by atoms with E-state index in [0.29, 0.717) is 0 Å². The lowest BCUT2D eigenvalue weighted by atomic mass is 9.82. The molecule has 0 spiro atoms. The van der Waals surface area contributed by atoms with Crippen molar-refractivity contribution >= 4 is 38.1 Å². The predicted octanol–water partition coefficient (Wildman–Crippen LogP) is 8.92. The Morgan fingerprint density at radius 2 is 0.700 bits per heavy atom. The van der Waals surface area contributed by atoms with Crippen LogP contribution in [-0.4, -0.2) is 46.9 Å². The fourth-order valence-corrected chi connectivity index (χ4v) is 14.7. The zero-order valence-corrected chi connectivity index (χ0v) is 26.3. The van der Waals surface area contributed by atoms with Gasteiger partial charge < -0.3 is 0 Å². The first-order chi connectivity index (χ1) is 13.1. The predicted molar refractivity (Wildman–Crippen MR) is 148 cm³/mol. The molecule has 2 nitrogen and oxygen atoms in total. The lowest BCUT2D eigenvalue weighted by Crippen LogP contribution is -2.60.